The number of amides is 2. The van der Waals surface area contributed by atoms with Crippen LogP contribution in [0.2, 0.25) is 0 Å². The summed E-state index contributed by atoms with van der Waals surface area (Å²) in [6.45, 7) is 2.29. The highest BCUT2D eigenvalue weighted by molar-refractivity contribution is 6.04. The van der Waals surface area contributed by atoms with Crippen molar-refractivity contribution in [2.45, 2.75) is 19.4 Å². The van der Waals surface area contributed by atoms with Crippen molar-refractivity contribution in [3.05, 3.63) is 29.8 Å². The third-order valence-corrected chi connectivity index (χ3v) is 2.95. The molecule has 1 rings (SSSR count). The highest BCUT2D eigenvalue weighted by atomic mass is 16.3. The number of carbonyl (C=O) groups excluding carboxylic acids is 2. The summed E-state index contributed by atoms with van der Waals surface area (Å²) in [5.41, 5.74) is -0.558. The fourth-order valence-corrected chi connectivity index (χ4v) is 1.55. The van der Waals surface area contributed by atoms with Crippen LogP contribution < -0.4 is 10.2 Å². The molecule has 0 aliphatic rings. The lowest BCUT2D eigenvalue weighted by atomic mass is 10.1. The summed E-state index contributed by atoms with van der Waals surface area (Å²) in [4.78, 5) is 24.9. The average Bonchev–Trinajstić information content (AvgIpc) is 2.44. The Labute approximate surface area is 118 Å². The minimum Gasteiger partial charge on any atom is -0.393 e. The van der Waals surface area contributed by atoms with Crippen molar-refractivity contribution in [2.75, 3.05) is 25.1 Å². The zero-order chi connectivity index (χ0) is 15.3. The quantitative estimate of drug-likeness (QED) is 0.716. The minimum atomic E-state index is -1.38. The first-order chi connectivity index (χ1) is 9.28. The van der Waals surface area contributed by atoms with Crippen LogP contribution in [-0.2, 0) is 4.79 Å². The fraction of sp³-hybridized carbons (Fsp3) is 0.429. The molecular weight excluding hydrogens is 260 g/mol. The molecule has 1 atom stereocenters. The first-order valence-corrected chi connectivity index (χ1v) is 6.23. The van der Waals surface area contributed by atoms with Crippen LogP contribution in [0.1, 0.15) is 24.2 Å². The maximum absolute atomic E-state index is 12.1. The zero-order valence-electron chi connectivity index (χ0n) is 11.9. The average molecular weight is 280 g/mol. The molecule has 0 aliphatic carbocycles. The molecule has 6 nitrogen and oxygen atoms in total. The Balaban J connectivity index is 2.91. The summed E-state index contributed by atoms with van der Waals surface area (Å²) in [7, 11) is 1.58. The van der Waals surface area contributed by atoms with Gasteiger partial charge in [0.2, 0.25) is 5.91 Å². The van der Waals surface area contributed by atoms with Crippen LogP contribution in [0.3, 0.4) is 0 Å². The van der Waals surface area contributed by atoms with Crippen molar-refractivity contribution in [1.82, 2.24) is 5.32 Å². The molecule has 0 aliphatic heterocycles. The first-order valence-electron chi connectivity index (χ1n) is 6.23. The van der Waals surface area contributed by atoms with Crippen LogP contribution in [0.5, 0.6) is 0 Å². The third kappa shape index (κ3) is 4.04. The van der Waals surface area contributed by atoms with E-state index in [1.54, 1.807) is 31.3 Å². The second-order valence-corrected chi connectivity index (χ2v) is 4.93. The Morgan fingerprint density at radius 1 is 1.35 bits per heavy atom. The van der Waals surface area contributed by atoms with Gasteiger partial charge < -0.3 is 20.4 Å². The number of hydrogen-bond donors (Lipinski definition) is 3. The van der Waals surface area contributed by atoms with Gasteiger partial charge in [-0.25, -0.2) is 0 Å². The number of rotatable bonds is 5. The van der Waals surface area contributed by atoms with Crippen molar-refractivity contribution >= 4 is 17.5 Å². The number of anilines is 1. The Kier molecular flexibility index (Phi) is 5.24. The molecule has 110 valence electrons. The predicted octanol–water partition coefficient (Wildman–Crippen LogP) is 0.142. The van der Waals surface area contributed by atoms with Gasteiger partial charge in [0.15, 0.2) is 0 Å². The number of carbonyl (C=O) groups is 2. The largest absolute Gasteiger partial charge is 0.393 e. The Bertz CT molecular complexity index is 500. The van der Waals surface area contributed by atoms with E-state index in [0.717, 1.165) is 0 Å². The van der Waals surface area contributed by atoms with Gasteiger partial charge in [-0.3, -0.25) is 9.59 Å². The van der Waals surface area contributed by atoms with Crippen LogP contribution in [-0.4, -0.2) is 47.8 Å². The maximum Gasteiger partial charge on any atom is 0.253 e. The Morgan fingerprint density at radius 2 is 1.95 bits per heavy atom. The summed E-state index contributed by atoms with van der Waals surface area (Å²) in [6, 6.07) is 6.68. The first kappa shape index (κ1) is 16.1. The van der Waals surface area contributed by atoms with Gasteiger partial charge in [-0.1, -0.05) is 12.1 Å². The van der Waals surface area contributed by atoms with Gasteiger partial charge in [0.1, 0.15) is 5.60 Å². The number of hydrogen-bond acceptors (Lipinski definition) is 4. The molecule has 3 N–H and O–H groups in total. The monoisotopic (exact) mass is 280 g/mol. The van der Waals surface area contributed by atoms with Crippen LogP contribution in [0.25, 0.3) is 0 Å². The summed E-state index contributed by atoms with van der Waals surface area (Å²) >= 11 is 0. The molecule has 6 heteroatoms. The van der Waals surface area contributed by atoms with Crippen LogP contribution in [0.15, 0.2) is 24.3 Å². The molecule has 0 heterocycles. The molecule has 0 aromatic heterocycles. The van der Waals surface area contributed by atoms with Gasteiger partial charge in [-0.05, 0) is 19.1 Å². The maximum atomic E-state index is 12.1. The summed E-state index contributed by atoms with van der Waals surface area (Å²) in [5.74, 6) is -0.602. The van der Waals surface area contributed by atoms with E-state index in [2.05, 4.69) is 5.32 Å². The van der Waals surface area contributed by atoms with Crippen molar-refractivity contribution in [3.63, 3.8) is 0 Å². The van der Waals surface area contributed by atoms with Crippen LogP contribution in [0, 0.1) is 0 Å². The van der Waals surface area contributed by atoms with Crippen molar-refractivity contribution in [2.24, 2.45) is 0 Å². The number of aliphatic hydroxyl groups excluding tert-OH is 1. The Hall–Kier alpha value is -1.92. The van der Waals surface area contributed by atoms with Gasteiger partial charge in [0, 0.05) is 20.5 Å². The molecule has 1 aromatic rings. The van der Waals surface area contributed by atoms with Crippen molar-refractivity contribution < 1.29 is 19.8 Å². The van der Waals surface area contributed by atoms with E-state index in [0.29, 0.717) is 11.3 Å². The summed E-state index contributed by atoms with van der Waals surface area (Å²) in [5, 5.41) is 21.1. The zero-order valence-corrected chi connectivity index (χ0v) is 11.9. The van der Waals surface area contributed by atoms with Crippen LogP contribution >= 0.6 is 0 Å². The second-order valence-electron chi connectivity index (χ2n) is 4.93. The van der Waals surface area contributed by atoms with E-state index in [1.807, 2.05) is 0 Å². The van der Waals surface area contributed by atoms with Crippen molar-refractivity contribution in [3.8, 4) is 0 Å². The number of nitrogens with one attached hydrogen (secondary N) is 1. The van der Waals surface area contributed by atoms with E-state index in [1.165, 1.54) is 18.7 Å². The number of nitrogens with zero attached hydrogens (tertiary/aromatic N) is 1. The molecule has 0 spiro atoms. The normalized spacial score (nSPS) is 13.4. The third-order valence-electron chi connectivity index (χ3n) is 2.95. The molecule has 0 bridgehead atoms. The lowest BCUT2D eigenvalue weighted by Crippen LogP contribution is -2.43. The second kappa shape index (κ2) is 6.49. The lowest BCUT2D eigenvalue weighted by Gasteiger charge is -2.22. The molecule has 1 unspecified atom stereocenters. The van der Waals surface area contributed by atoms with Crippen molar-refractivity contribution in [1.29, 1.82) is 0 Å². The highest BCUT2D eigenvalue weighted by Crippen LogP contribution is 2.19. The molecule has 2 amide bonds. The molecule has 0 saturated carbocycles. The van der Waals surface area contributed by atoms with E-state index < -0.39 is 18.1 Å². The van der Waals surface area contributed by atoms with Gasteiger partial charge >= 0.3 is 0 Å². The van der Waals surface area contributed by atoms with Gasteiger partial charge in [-0.15, -0.1) is 0 Å². The number of para-hydroxylation sites is 1. The molecule has 0 saturated heterocycles. The number of aliphatic hydroxyl groups is 2. The van der Waals surface area contributed by atoms with E-state index in [4.69, 9.17) is 5.11 Å². The SMILES string of the molecule is CC(=O)N(C)c1ccccc1C(=O)NCC(C)(O)CO. The lowest BCUT2D eigenvalue weighted by molar-refractivity contribution is -0.116. The number of benzene rings is 1. The highest BCUT2D eigenvalue weighted by Gasteiger charge is 2.22. The summed E-state index contributed by atoms with van der Waals surface area (Å²) in [6.07, 6.45) is 0. The van der Waals surface area contributed by atoms with Gasteiger partial charge in [0.05, 0.1) is 17.9 Å². The molecular formula is C14H20N2O4. The predicted molar refractivity (Wildman–Crippen MR) is 75.6 cm³/mol. The molecule has 0 fully saturated rings. The summed E-state index contributed by atoms with van der Waals surface area (Å²) < 4.78 is 0. The topological polar surface area (TPSA) is 89.9 Å². The van der Waals surface area contributed by atoms with E-state index in [9.17, 15) is 14.7 Å². The van der Waals surface area contributed by atoms with Crippen LogP contribution in [0.4, 0.5) is 5.69 Å². The molecule has 1 aromatic carbocycles. The smallest absolute Gasteiger partial charge is 0.253 e. The fourth-order valence-electron chi connectivity index (χ4n) is 1.55. The van der Waals surface area contributed by atoms with E-state index >= 15 is 0 Å². The van der Waals surface area contributed by atoms with Gasteiger partial charge in [-0.2, -0.15) is 0 Å². The Morgan fingerprint density at radius 3 is 2.50 bits per heavy atom. The molecule has 20 heavy (non-hydrogen) atoms. The molecule has 0 radical (unpaired) electrons. The van der Waals surface area contributed by atoms with E-state index in [-0.39, 0.29) is 12.5 Å². The van der Waals surface area contributed by atoms with Gasteiger partial charge in [0.25, 0.3) is 5.91 Å². The standard InChI is InChI=1S/C14H20N2O4/c1-10(18)16(3)12-7-5-4-6-11(12)13(19)15-8-14(2,20)9-17/h4-7,17,20H,8-9H2,1-3H3,(H,15,19). The minimum absolute atomic E-state index is 0.0829.